The average molecular weight is 453 g/mol. The van der Waals surface area contributed by atoms with Crippen molar-refractivity contribution in [3.05, 3.63) is 83.3 Å². The molecule has 170 valence electrons. The Kier molecular flexibility index (Phi) is 6.16. The molecule has 4 rings (SSSR count). The summed E-state index contributed by atoms with van der Waals surface area (Å²) in [5, 5.41) is 6.65. The molecule has 0 radical (unpaired) electrons. The van der Waals surface area contributed by atoms with E-state index in [1.807, 2.05) is 30.3 Å². The van der Waals surface area contributed by atoms with E-state index in [-0.39, 0.29) is 18.8 Å². The molecule has 0 unspecified atom stereocenters. The van der Waals surface area contributed by atoms with Crippen LogP contribution in [0.15, 0.2) is 66.1 Å². The van der Waals surface area contributed by atoms with Crippen molar-refractivity contribution in [1.29, 1.82) is 0 Å². The number of ether oxygens (including phenoxy) is 1. The van der Waals surface area contributed by atoms with Crippen LogP contribution < -0.4 is 10.2 Å². The van der Waals surface area contributed by atoms with Crippen LogP contribution in [0.2, 0.25) is 0 Å². The number of nitrogens with one attached hydrogen (secondary N) is 1. The van der Waals surface area contributed by atoms with Gasteiger partial charge in [0.15, 0.2) is 0 Å². The van der Waals surface area contributed by atoms with E-state index in [0.717, 1.165) is 23.8 Å². The van der Waals surface area contributed by atoms with Gasteiger partial charge in [0.2, 0.25) is 11.9 Å². The van der Waals surface area contributed by atoms with Gasteiger partial charge in [0.25, 0.3) is 0 Å². The molecule has 1 N–H and O–H groups in total. The predicted octanol–water partition coefficient (Wildman–Crippen LogP) is 3.44. The smallest absolute Gasteiger partial charge is 0.338 e. The van der Waals surface area contributed by atoms with Gasteiger partial charge in [-0.2, -0.15) is 10.1 Å². The van der Waals surface area contributed by atoms with E-state index < -0.39 is 29.6 Å². The van der Waals surface area contributed by atoms with E-state index >= 15 is 0 Å². The normalized spacial score (nSPS) is 15.3. The Morgan fingerprint density at radius 3 is 2.64 bits per heavy atom. The molecular weight excluding hydrogens is 432 g/mol. The first-order valence-electron chi connectivity index (χ1n) is 10.3. The minimum absolute atomic E-state index is 0.167. The lowest BCUT2D eigenvalue weighted by atomic mass is 9.95. The van der Waals surface area contributed by atoms with Crippen LogP contribution in [0.25, 0.3) is 0 Å². The largest absolute Gasteiger partial charge is 0.463 e. The fourth-order valence-corrected chi connectivity index (χ4v) is 3.76. The van der Waals surface area contributed by atoms with Crippen molar-refractivity contribution < 1.29 is 23.1 Å². The summed E-state index contributed by atoms with van der Waals surface area (Å²) in [4.78, 5) is 31.5. The second-order valence-corrected chi connectivity index (χ2v) is 7.30. The molecule has 0 aliphatic carbocycles. The predicted molar refractivity (Wildman–Crippen MR) is 116 cm³/mol. The quantitative estimate of drug-likeness (QED) is 0.575. The van der Waals surface area contributed by atoms with Crippen LogP contribution in [0.3, 0.4) is 0 Å². The molecule has 0 fully saturated rings. The van der Waals surface area contributed by atoms with E-state index in [9.17, 15) is 18.4 Å². The van der Waals surface area contributed by atoms with Crippen molar-refractivity contribution in [1.82, 2.24) is 14.8 Å². The van der Waals surface area contributed by atoms with Crippen LogP contribution >= 0.6 is 0 Å². The van der Waals surface area contributed by atoms with E-state index in [1.165, 1.54) is 15.9 Å². The Morgan fingerprint density at radius 2 is 1.91 bits per heavy atom. The third kappa shape index (κ3) is 4.32. The lowest BCUT2D eigenvalue weighted by molar-refractivity contribution is -0.139. The highest BCUT2D eigenvalue weighted by molar-refractivity contribution is 5.96. The van der Waals surface area contributed by atoms with Gasteiger partial charge in [0.05, 0.1) is 17.9 Å². The highest BCUT2D eigenvalue weighted by Crippen LogP contribution is 2.38. The number of aromatic nitrogens is 3. The van der Waals surface area contributed by atoms with Crippen molar-refractivity contribution in [3.63, 3.8) is 0 Å². The molecule has 1 aliphatic heterocycles. The van der Waals surface area contributed by atoms with Gasteiger partial charge in [-0.3, -0.25) is 4.79 Å². The molecule has 0 saturated carbocycles. The number of carbonyl (C=O) groups is 2. The van der Waals surface area contributed by atoms with Crippen molar-refractivity contribution in [3.8, 4) is 0 Å². The van der Waals surface area contributed by atoms with Gasteiger partial charge in [-0.25, -0.2) is 18.3 Å². The summed E-state index contributed by atoms with van der Waals surface area (Å²) < 4.78 is 34.3. The standard InChI is InChI=1S/C23H21F2N5O3/c1-3-33-22(32)20-14(2)29(12-19(31)28-18-11-16(24)9-10-17(18)25)23-26-13-27-30(23)21(20)15-7-5-4-6-8-15/h4-11,13,21H,3,12H2,1-2H3,(H,28,31)/t21-/m1/s1. The van der Waals surface area contributed by atoms with Crippen LogP contribution in [0.1, 0.15) is 25.5 Å². The SMILES string of the molecule is CCOC(=O)C1=C(C)N(CC(=O)Nc2cc(F)ccc2F)c2ncnn2[C@@H]1c1ccccc1. The molecule has 2 aromatic carbocycles. The zero-order chi connectivity index (χ0) is 23.5. The number of amides is 1. The van der Waals surface area contributed by atoms with Crippen LogP contribution in [0, 0.1) is 11.6 Å². The van der Waals surface area contributed by atoms with Gasteiger partial charge < -0.3 is 15.0 Å². The van der Waals surface area contributed by atoms with Crippen LogP contribution in [0.5, 0.6) is 0 Å². The van der Waals surface area contributed by atoms with Crippen molar-refractivity contribution in [2.24, 2.45) is 0 Å². The van der Waals surface area contributed by atoms with Crippen molar-refractivity contribution >= 4 is 23.5 Å². The fourth-order valence-electron chi connectivity index (χ4n) is 3.76. The van der Waals surface area contributed by atoms with Crippen molar-refractivity contribution in [2.75, 3.05) is 23.4 Å². The van der Waals surface area contributed by atoms with Gasteiger partial charge in [0.1, 0.15) is 30.5 Å². The number of esters is 1. The zero-order valence-electron chi connectivity index (χ0n) is 18.0. The van der Waals surface area contributed by atoms with Gasteiger partial charge in [0, 0.05) is 11.8 Å². The lowest BCUT2D eigenvalue weighted by Gasteiger charge is -2.35. The molecule has 8 nitrogen and oxygen atoms in total. The Balaban J connectivity index is 1.72. The molecule has 0 bridgehead atoms. The molecule has 33 heavy (non-hydrogen) atoms. The zero-order valence-corrected chi connectivity index (χ0v) is 18.0. The second-order valence-electron chi connectivity index (χ2n) is 7.30. The summed E-state index contributed by atoms with van der Waals surface area (Å²) in [6.45, 7) is 3.23. The monoisotopic (exact) mass is 453 g/mol. The number of carbonyl (C=O) groups excluding carboxylic acids is 2. The Labute approximate surface area is 188 Å². The summed E-state index contributed by atoms with van der Waals surface area (Å²) >= 11 is 0. The summed E-state index contributed by atoms with van der Waals surface area (Å²) in [5.74, 6) is -2.31. The van der Waals surface area contributed by atoms with E-state index in [2.05, 4.69) is 15.4 Å². The maximum atomic E-state index is 14.0. The molecule has 1 amide bonds. The third-order valence-electron chi connectivity index (χ3n) is 5.22. The first-order valence-corrected chi connectivity index (χ1v) is 10.3. The maximum absolute atomic E-state index is 14.0. The molecule has 3 aromatic rings. The van der Waals surface area contributed by atoms with E-state index in [1.54, 1.807) is 13.8 Å². The van der Waals surface area contributed by atoms with E-state index in [0.29, 0.717) is 17.2 Å². The molecule has 0 saturated heterocycles. The molecule has 1 aromatic heterocycles. The molecule has 1 aliphatic rings. The first-order chi connectivity index (χ1) is 15.9. The number of allylic oxidation sites excluding steroid dienone is 1. The summed E-state index contributed by atoms with van der Waals surface area (Å²) in [6, 6.07) is 11.4. The van der Waals surface area contributed by atoms with Gasteiger partial charge >= 0.3 is 5.97 Å². The highest BCUT2D eigenvalue weighted by atomic mass is 19.1. The Hall–Kier alpha value is -4.08. The van der Waals surface area contributed by atoms with Gasteiger partial charge in [-0.1, -0.05) is 30.3 Å². The van der Waals surface area contributed by atoms with Crippen LogP contribution in [0.4, 0.5) is 20.4 Å². The van der Waals surface area contributed by atoms with Gasteiger partial charge in [-0.05, 0) is 31.5 Å². The van der Waals surface area contributed by atoms with Crippen LogP contribution in [-0.4, -0.2) is 39.8 Å². The molecular formula is C23H21F2N5O3. The molecule has 1 atom stereocenters. The first kappa shape index (κ1) is 22.1. The summed E-state index contributed by atoms with van der Waals surface area (Å²) in [6.07, 6.45) is 1.32. The number of benzene rings is 2. The molecule has 2 heterocycles. The minimum atomic E-state index is -0.768. The number of fused-ring (bicyclic) bond motifs is 1. The highest BCUT2D eigenvalue weighted by Gasteiger charge is 2.38. The average Bonchev–Trinajstić information content (AvgIpc) is 3.28. The number of hydrogen-bond acceptors (Lipinski definition) is 6. The summed E-state index contributed by atoms with van der Waals surface area (Å²) in [5.41, 5.74) is 1.24. The summed E-state index contributed by atoms with van der Waals surface area (Å²) in [7, 11) is 0. The van der Waals surface area contributed by atoms with Crippen LogP contribution in [-0.2, 0) is 14.3 Å². The number of rotatable bonds is 6. The number of nitrogens with zero attached hydrogens (tertiary/aromatic N) is 4. The Bertz CT molecular complexity index is 1230. The van der Waals surface area contributed by atoms with Gasteiger partial charge in [-0.15, -0.1) is 0 Å². The van der Waals surface area contributed by atoms with E-state index in [4.69, 9.17) is 4.74 Å². The van der Waals surface area contributed by atoms with Crippen molar-refractivity contribution in [2.45, 2.75) is 19.9 Å². The maximum Gasteiger partial charge on any atom is 0.338 e. The second kappa shape index (κ2) is 9.19. The number of anilines is 2. The molecule has 10 heteroatoms. The lowest BCUT2D eigenvalue weighted by Crippen LogP contribution is -2.41. The number of hydrogen-bond donors (Lipinski definition) is 1. The number of halogens is 2. The molecule has 0 spiro atoms. The topological polar surface area (TPSA) is 89.3 Å². The fraction of sp³-hybridized carbons (Fsp3) is 0.217. The Morgan fingerprint density at radius 1 is 1.15 bits per heavy atom. The minimum Gasteiger partial charge on any atom is -0.463 e. The third-order valence-corrected chi connectivity index (χ3v) is 5.22.